The Morgan fingerprint density at radius 3 is 2.27 bits per heavy atom. The summed E-state index contributed by atoms with van der Waals surface area (Å²) in [6.45, 7) is 5.64. The summed E-state index contributed by atoms with van der Waals surface area (Å²) in [5, 5.41) is 13.8. The molecule has 0 spiro atoms. The molecule has 3 N–H and O–H groups in total. The van der Waals surface area contributed by atoms with Crippen molar-refractivity contribution in [2.45, 2.75) is 52.1 Å². The highest BCUT2D eigenvalue weighted by Crippen LogP contribution is 1.95. The third-order valence-corrected chi connectivity index (χ3v) is 2.11. The third-order valence-electron chi connectivity index (χ3n) is 2.11. The molecule has 0 radical (unpaired) electrons. The largest absolute Gasteiger partial charge is 0.480 e. The molecule has 0 aromatic rings. The predicted octanol–water partition coefficient (Wildman–Crippen LogP) is 1.34. The molecule has 0 aliphatic heterocycles. The Hall–Kier alpha value is -1.26. The van der Waals surface area contributed by atoms with Gasteiger partial charge in [-0.3, -0.25) is 0 Å². The van der Waals surface area contributed by atoms with E-state index in [0.717, 1.165) is 12.8 Å². The summed E-state index contributed by atoms with van der Waals surface area (Å²) in [7, 11) is 0. The number of aliphatic carboxylic acids is 1. The number of carboxylic acid groups (broad SMARTS) is 1. The van der Waals surface area contributed by atoms with Gasteiger partial charge in [-0.15, -0.1) is 0 Å². The van der Waals surface area contributed by atoms with Crippen molar-refractivity contribution in [2.75, 3.05) is 0 Å². The Bertz CT molecular complexity index is 219. The molecule has 88 valence electrons. The van der Waals surface area contributed by atoms with Crippen LogP contribution in [0.4, 0.5) is 4.79 Å². The van der Waals surface area contributed by atoms with Gasteiger partial charge in [0.05, 0.1) is 0 Å². The van der Waals surface area contributed by atoms with Crippen molar-refractivity contribution in [1.82, 2.24) is 10.6 Å². The van der Waals surface area contributed by atoms with Crippen LogP contribution in [0.15, 0.2) is 0 Å². The van der Waals surface area contributed by atoms with E-state index in [1.165, 1.54) is 0 Å². The van der Waals surface area contributed by atoms with E-state index >= 15 is 0 Å². The van der Waals surface area contributed by atoms with Gasteiger partial charge in [-0.25, -0.2) is 9.59 Å². The highest BCUT2D eigenvalue weighted by Gasteiger charge is 2.17. The second-order valence-corrected chi connectivity index (χ2v) is 3.61. The minimum atomic E-state index is -1.00. The Morgan fingerprint density at radius 1 is 1.27 bits per heavy atom. The van der Waals surface area contributed by atoms with Crippen LogP contribution in [0.2, 0.25) is 0 Å². The van der Waals surface area contributed by atoms with Gasteiger partial charge in [0.2, 0.25) is 0 Å². The van der Waals surface area contributed by atoms with Crippen LogP contribution in [0.25, 0.3) is 0 Å². The molecule has 0 aromatic heterocycles. The van der Waals surface area contributed by atoms with Crippen LogP contribution in [0.3, 0.4) is 0 Å². The Kier molecular flexibility index (Phi) is 6.49. The van der Waals surface area contributed by atoms with E-state index < -0.39 is 18.0 Å². The van der Waals surface area contributed by atoms with Gasteiger partial charge < -0.3 is 15.7 Å². The Morgan fingerprint density at radius 2 is 1.87 bits per heavy atom. The molecule has 0 aliphatic rings. The third kappa shape index (κ3) is 5.93. The number of carbonyl (C=O) groups is 2. The van der Waals surface area contributed by atoms with Crippen molar-refractivity contribution in [3.63, 3.8) is 0 Å². The number of hydrogen-bond acceptors (Lipinski definition) is 2. The van der Waals surface area contributed by atoms with Crippen LogP contribution >= 0.6 is 0 Å². The van der Waals surface area contributed by atoms with Crippen molar-refractivity contribution < 1.29 is 14.7 Å². The number of hydrogen-bond donors (Lipinski definition) is 3. The van der Waals surface area contributed by atoms with Gasteiger partial charge in [0.25, 0.3) is 0 Å². The second kappa shape index (κ2) is 7.09. The first-order chi connectivity index (χ1) is 7.01. The molecule has 0 aromatic carbocycles. The molecule has 0 bridgehead atoms. The van der Waals surface area contributed by atoms with Crippen LogP contribution in [0.1, 0.15) is 40.0 Å². The maximum atomic E-state index is 11.3. The Balaban J connectivity index is 3.96. The summed E-state index contributed by atoms with van der Waals surface area (Å²) in [4.78, 5) is 22.0. The molecular formula is C10H20N2O3. The van der Waals surface area contributed by atoms with Crippen LogP contribution in [0, 0.1) is 0 Å². The zero-order valence-corrected chi connectivity index (χ0v) is 9.54. The molecule has 0 saturated heterocycles. The normalized spacial score (nSPS) is 14.1. The highest BCUT2D eigenvalue weighted by atomic mass is 16.4. The molecule has 0 fully saturated rings. The lowest BCUT2D eigenvalue weighted by atomic mass is 10.2. The lowest BCUT2D eigenvalue weighted by Gasteiger charge is -2.16. The Labute approximate surface area is 90.2 Å². The summed E-state index contributed by atoms with van der Waals surface area (Å²) in [5.41, 5.74) is 0. The first-order valence-electron chi connectivity index (χ1n) is 5.31. The van der Waals surface area contributed by atoms with Crippen LogP contribution in [-0.2, 0) is 4.79 Å². The molecule has 5 heteroatoms. The minimum Gasteiger partial charge on any atom is -0.480 e. The maximum absolute atomic E-state index is 11.3. The number of carbonyl (C=O) groups excluding carboxylic acids is 1. The summed E-state index contributed by atoms with van der Waals surface area (Å²) in [6.07, 6.45) is 2.25. The quantitative estimate of drug-likeness (QED) is 0.627. The molecule has 0 aliphatic carbocycles. The van der Waals surface area contributed by atoms with Crippen molar-refractivity contribution in [1.29, 1.82) is 0 Å². The van der Waals surface area contributed by atoms with E-state index in [9.17, 15) is 9.59 Å². The van der Waals surface area contributed by atoms with Gasteiger partial charge in [0.1, 0.15) is 6.04 Å². The topological polar surface area (TPSA) is 78.4 Å². The molecular weight excluding hydrogens is 196 g/mol. The van der Waals surface area contributed by atoms with Gasteiger partial charge in [0.15, 0.2) is 0 Å². The van der Waals surface area contributed by atoms with E-state index in [2.05, 4.69) is 10.6 Å². The second-order valence-electron chi connectivity index (χ2n) is 3.61. The van der Waals surface area contributed by atoms with E-state index in [-0.39, 0.29) is 6.04 Å². The van der Waals surface area contributed by atoms with Crippen LogP contribution in [0.5, 0.6) is 0 Å². The lowest BCUT2D eigenvalue weighted by Crippen LogP contribution is -2.48. The molecule has 2 atom stereocenters. The summed E-state index contributed by atoms with van der Waals surface area (Å²) in [5.74, 6) is -1.00. The zero-order chi connectivity index (χ0) is 11.8. The summed E-state index contributed by atoms with van der Waals surface area (Å²) >= 11 is 0. The van der Waals surface area contributed by atoms with E-state index in [1.807, 2.05) is 13.8 Å². The number of nitrogens with one attached hydrogen (secondary N) is 2. The molecule has 15 heavy (non-hydrogen) atoms. The fourth-order valence-electron chi connectivity index (χ4n) is 1.27. The molecule has 0 heterocycles. The standard InChI is InChI=1S/C10H20N2O3/c1-4-6-7(3)11-10(15)12-8(5-2)9(13)14/h7-8H,4-6H2,1-3H3,(H,13,14)(H2,11,12,15). The summed E-state index contributed by atoms with van der Waals surface area (Å²) in [6, 6.07) is -1.15. The van der Waals surface area contributed by atoms with Crippen molar-refractivity contribution >= 4 is 12.0 Å². The van der Waals surface area contributed by atoms with Gasteiger partial charge in [0, 0.05) is 6.04 Å². The summed E-state index contributed by atoms with van der Waals surface area (Å²) < 4.78 is 0. The fourth-order valence-corrected chi connectivity index (χ4v) is 1.27. The van der Waals surface area contributed by atoms with Crippen molar-refractivity contribution in [3.05, 3.63) is 0 Å². The lowest BCUT2D eigenvalue weighted by molar-refractivity contribution is -0.139. The number of amides is 2. The molecule has 0 rings (SSSR count). The van der Waals surface area contributed by atoms with Gasteiger partial charge in [-0.1, -0.05) is 20.3 Å². The van der Waals surface area contributed by atoms with Gasteiger partial charge in [-0.2, -0.15) is 0 Å². The van der Waals surface area contributed by atoms with Crippen LogP contribution in [-0.4, -0.2) is 29.2 Å². The van der Waals surface area contributed by atoms with Crippen molar-refractivity contribution in [2.24, 2.45) is 0 Å². The van der Waals surface area contributed by atoms with E-state index in [4.69, 9.17) is 5.11 Å². The van der Waals surface area contributed by atoms with E-state index in [1.54, 1.807) is 6.92 Å². The molecule has 2 amide bonds. The van der Waals surface area contributed by atoms with Crippen molar-refractivity contribution in [3.8, 4) is 0 Å². The number of carboxylic acids is 1. The first kappa shape index (κ1) is 13.7. The highest BCUT2D eigenvalue weighted by molar-refractivity contribution is 5.82. The molecule has 2 unspecified atom stereocenters. The monoisotopic (exact) mass is 216 g/mol. The average molecular weight is 216 g/mol. The predicted molar refractivity (Wildman–Crippen MR) is 57.8 cm³/mol. The number of rotatable bonds is 6. The smallest absolute Gasteiger partial charge is 0.326 e. The minimum absolute atomic E-state index is 0.0706. The molecule has 0 saturated carbocycles. The maximum Gasteiger partial charge on any atom is 0.326 e. The van der Waals surface area contributed by atoms with Crippen LogP contribution < -0.4 is 10.6 Å². The molecule has 5 nitrogen and oxygen atoms in total. The van der Waals surface area contributed by atoms with Gasteiger partial charge in [-0.05, 0) is 19.8 Å². The fraction of sp³-hybridized carbons (Fsp3) is 0.800. The van der Waals surface area contributed by atoms with E-state index in [0.29, 0.717) is 6.42 Å². The van der Waals surface area contributed by atoms with Gasteiger partial charge >= 0.3 is 12.0 Å². The zero-order valence-electron chi connectivity index (χ0n) is 9.54. The number of urea groups is 1. The first-order valence-corrected chi connectivity index (χ1v) is 5.31. The average Bonchev–Trinajstić information content (AvgIpc) is 2.13. The SMILES string of the molecule is CCCC(C)NC(=O)NC(CC)C(=O)O.